The van der Waals surface area contributed by atoms with Gasteiger partial charge in [0, 0.05) is 13.2 Å². The molecule has 0 bridgehead atoms. The molecule has 0 aliphatic rings. The molecule has 0 fully saturated rings. The molecule has 0 aliphatic carbocycles. The summed E-state index contributed by atoms with van der Waals surface area (Å²) in [5.41, 5.74) is 0.947. The lowest BCUT2D eigenvalue weighted by molar-refractivity contribution is -0.430. The summed E-state index contributed by atoms with van der Waals surface area (Å²) in [6, 6.07) is 3.43. The molecule has 0 aliphatic heterocycles. The Morgan fingerprint density at radius 1 is 1.67 bits per heavy atom. The van der Waals surface area contributed by atoms with Crippen LogP contribution in [0.2, 0.25) is 5.15 Å². The van der Waals surface area contributed by atoms with Crippen molar-refractivity contribution in [3.8, 4) is 0 Å². The van der Waals surface area contributed by atoms with Crippen molar-refractivity contribution in [2.75, 3.05) is 7.05 Å². The molecule has 1 atom stereocenters. The van der Waals surface area contributed by atoms with Crippen LogP contribution < -0.4 is 5.32 Å². The molecule has 0 saturated carbocycles. The fraction of sp³-hybridized carbons (Fsp3) is 0.417. The van der Waals surface area contributed by atoms with Gasteiger partial charge in [-0.05, 0) is 18.1 Å². The van der Waals surface area contributed by atoms with E-state index < -0.39 is 0 Å². The van der Waals surface area contributed by atoms with E-state index >= 15 is 0 Å². The van der Waals surface area contributed by atoms with Gasteiger partial charge in [0.2, 0.25) is 0 Å². The summed E-state index contributed by atoms with van der Waals surface area (Å²) >= 11 is 5.72. The summed E-state index contributed by atoms with van der Waals surface area (Å²) in [6.45, 7) is 1.99. The minimum Gasteiger partial charge on any atom is -0.389 e. The van der Waals surface area contributed by atoms with Crippen LogP contribution in [0.25, 0.3) is 0 Å². The molecule has 1 N–H and O–H groups in total. The maximum absolute atomic E-state index is 11.1. The van der Waals surface area contributed by atoms with Crippen LogP contribution in [-0.4, -0.2) is 17.0 Å². The normalized spacial score (nSPS) is 13.2. The summed E-state index contributed by atoms with van der Waals surface area (Å²) in [6.07, 6.45) is 4.56. The molecule has 98 valence electrons. The molecule has 0 spiro atoms. The topological polar surface area (TPSA) is 68.1 Å². The van der Waals surface area contributed by atoms with E-state index in [2.05, 4.69) is 10.3 Å². The van der Waals surface area contributed by atoms with Gasteiger partial charge in [-0.2, -0.15) is 0 Å². The van der Waals surface area contributed by atoms with E-state index in [9.17, 15) is 10.1 Å². The Balaban J connectivity index is 3.11. The predicted molar refractivity (Wildman–Crippen MR) is 71.0 cm³/mol. The first kappa shape index (κ1) is 14.4. The van der Waals surface area contributed by atoms with Gasteiger partial charge < -0.3 is 5.32 Å². The van der Waals surface area contributed by atoms with Crippen molar-refractivity contribution in [1.82, 2.24) is 10.3 Å². The molecule has 5 nitrogen and oxygen atoms in total. The number of hydrogen-bond acceptors (Lipinski definition) is 4. The summed E-state index contributed by atoms with van der Waals surface area (Å²) in [5.74, 6) is -0.276. The number of hydrogen-bond donors (Lipinski definition) is 1. The van der Waals surface area contributed by atoms with E-state index in [0.29, 0.717) is 11.6 Å². The van der Waals surface area contributed by atoms with E-state index in [1.54, 1.807) is 25.4 Å². The highest BCUT2D eigenvalue weighted by molar-refractivity contribution is 6.29. The molecule has 0 aromatic carbocycles. The zero-order valence-corrected chi connectivity index (χ0v) is 11.1. The number of pyridine rings is 1. The quantitative estimate of drug-likeness (QED) is 0.490. The van der Waals surface area contributed by atoms with Crippen LogP contribution >= 0.6 is 11.6 Å². The average Bonchev–Trinajstić information content (AvgIpc) is 2.34. The highest BCUT2D eigenvalue weighted by atomic mass is 35.5. The van der Waals surface area contributed by atoms with E-state index in [1.807, 2.05) is 6.92 Å². The monoisotopic (exact) mass is 269 g/mol. The highest BCUT2D eigenvalue weighted by Crippen LogP contribution is 2.29. The Hall–Kier alpha value is -1.62. The Bertz CT molecular complexity index is 431. The van der Waals surface area contributed by atoms with Gasteiger partial charge in [-0.15, -0.1) is 0 Å². The van der Waals surface area contributed by atoms with Crippen molar-refractivity contribution in [3.63, 3.8) is 0 Å². The van der Waals surface area contributed by atoms with Crippen molar-refractivity contribution in [2.45, 2.75) is 25.7 Å². The Morgan fingerprint density at radius 2 is 2.39 bits per heavy atom. The largest absolute Gasteiger partial charge is 0.389 e. The third kappa shape index (κ3) is 3.70. The molecule has 1 heterocycles. The van der Waals surface area contributed by atoms with E-state index in [-0.39, 0.29) is 16.5 Å². The van der Waals surface area contributed by atoms with E-state index in [0.717, 1.165) is 12.0 Å². The minimum absolute atomic E-state index is 0.142. The first-order chi connectivity index (χ1) is 8.60. The predicted octanol–water partition coefficient (Wildman–Crippen LogP) is 2.96. The van der Waals surface area contributed by atoms with Crippen molar-refractivity contribution in [2.24, 2.45) is 0 Å². The average molecular weight is 270 g/mol. The number of rotatable bonds is 6. The van der Waals surface area contributed by atoms with Gasteiger partial charge in [0.05, 0.1) is 17.0 Å². The van der Waals surface area contributed by atoms with Crippen LogP contribution in [0.5, 0.6) is 0 Å². The smallest absolute Gasteiger partial charge is 0.269 e. The van der Waals surface area contributed by atoms with Crippen molar-refractivity contribution in [3.05, 3.63) is 51.1 Å². The van der Waals surface area contributed by atoms with Crippen molar-refractivity contribution < 1.29 is 4.92 Å². The fourth-order valence-corrected chi connectivity index (χ4v) is 1.91. The van der Waals surface area contributed by atoms with Crippen LogP contribution in [0, 0.1) is 10.1 Å². The molecule has 0 saturated heterocycles. The second kappa shape index (κ2) is 6.96. The van der Waals surface area contributed by atoms with Crippen LogP contribution in [0.3, 0.4) is 0 Å². The fourth-order valence-electron chi connectivity index (χ4n) is 1.80. The molecule has 18 heavy (non-hydrogen) atoms. The molecule has 0 radical (unpaired) electrons. The Morgan fingerprint density at radius 3 is 2.83 bits per heavy atom. The number of nitrogens with zero attached hydrogens (tertiary/aromatic N) is 2. The van der Waals surface area contributed by atoms with Crippen molar-refractivity contribution >= 4 is 11.6 Å². The first-order valence-electron chi connectivity index (χ1n) is 5.73. The number of nitrogens with one attached hydrogen (secondary N) is 1. The second-order valence-electron chi connectivity index (χ2n) is 3.87. The van der Waals surface area contributed by atoms with E-state index in [1.165, 1.54) is 6.20 Å². The standard InChI is InChI=1S/C12H16ClN3O2/c1-3-4-10(11(8-14-2)16(17)18)9-5-6-12(13)15-7-9/h5-8,10,14H,3-4H2,1-2H3/b11-8-. The van der Waals surface area contributed by atoms with Gasteiger partial charge in [-0.1, -0.05) is 31.0 Å². The van der Waals surface area contributed by atoms with Gasteiger partial charge >= 0.3 is 0 Å². The van der Waals surface area contributed by atoms with Gasteiger partial charge in [0.25, 0.3) is 5.70 Å². The zero-order chi connectivity index (χ0) is 13.5. The maximum Gasteiger partial charge on any atom is 0.269 e. The lowest BCUT2D eigenvalue weighted by atomic mass is 9.93. The second-order valence-corrected chi connectivity index (χ2v) is 4.26. The maximum atomic E-state index is 11.1. The molecular formula is C12H16ClN3O2. The molecule has 0 amide bonds. The zero-order valence-electron chi connectivity index (χ0n) is 10.4. The first-order valence-corrected chi connectivity index (χ1v) is 6.11. The highest BCUT2D eigenvalue weighted by Gasteiger charge is 2.25. The van der Waals surface area contributed by atoms with Gasteiger partial charge in [-0.3, -0.25) is 10.1 Å². The molecule has 1 rings (SSSR count). The molecule has 1 aromatic heterocycles. The number of nitro groups is 1. The SMILES string of the molecule is CCCC(/C(=C/NC)[N+](=O)[O-])c1ccc(Cl)nc1. The number of aromatic nitrogens is 1. The summed E-state index contributed by atoms with van der Waals surface area (Å²) < 4.78 is 0. The Kier molecular flexibility index (Phi) is 5.58. The lowest BCUT2D eigenvalue weighted by Gasteiger charge is -2.13. The van der Waals surface area contributed by atoms with Crippen LogP contribution in [-0.2, 0) is 0 Å². The molecule has 6 heteroatoms. The van der Waals surface area contributed by atoms with Crippen LogP contribution in [0.1, 0.15) is 31.2 Å². The van der Waals surface area contributed by atoms with Gasteiger partial charge in [0.15, 0.2) is 0 Å². The lowest BCUT2D eigenvalue weighted by Crippen LogP contribution is -2.14. The minimum atomic E-state index is -0.356. The Labute approximate surface area is 111 Å². The van der Waals surface area contributed by atoms with Gasteiger partial charge in [-0.25, -0.2) is 4.98 Å². The van der Waals surface area contributed by atoms with E-state index in [4.69, 9.17) is 11.6 Å². The molecule has 1 unspecified atom stereocenters. The number of allylic oxidation sites excluding steroid dienone is 1. The van der Waals surface area contributed by atoms with Crippen LogP contribution in [0.4, 0.5) is 0 Å². The number of halogens is 1. The molecule has 1 aromatic rings. The molecular weight excluding hydrogens is 254 g/mol. The third-order valence-electron chi connectivity index (χ3n) is 2.59. The summed E-state index contributed by atoms with van der Waals surface area (Å²) in [4.78, 5) is 14.7. The third-order valence-corrected chi connectivity index (χ3v) is 2.81. The van der Waals surface area contributed by atoms with Crippen molar-refractivity contribution in [1.29, 1.82) is 0 Å². The van der Waals surface area contributed by atoms with Gasteiger partial charge in [0.1, 0.15) is 5.15 Å². The summed E-state index contributed by atoms with van der Waals surface area (Å²) in [5, 5.41) is 14.2. The van der Waals surface area contributed by atoms with Crippen LogP contribution in [0.15, 0.2) is 30.2 Å². The summed E-state index contributed by atoms with van der Waals surface area (Å²) in [7, 11) is 1.65.